The summed E-state index contributed by atoms with van der Waals surface area (Å²) in [6.07, 6.45) is 10.6. The van der Waals surface area contributed by atoms with Gasteiger partial charge in [-0.1, -0.05) is 23.8 Å². The molecule has 0 aromatic rings. The van der Waals surface area contributed by atoms with Crippen molar-refractivity contribution in [1.29, 1.82) is 0 Å². The molecule has 0 N–H and O–H groups in total. The second-order valence-electron chi connectivity index (χ2n) is 7.32. The number of hydrogen-bond donors (Lipinski definition) is 0. The van der Waals surface area contributed by atoms with Gasteiger partial charge in [0.15, 0.2) is 11.6 Å². The van der Waals surface area contributed by atoms with E-state index in [1.165, 1.54) is 5.57 Å². The molecule has 0 saturated carbocycles. The number of rotatable bonds is 2. The van der Waals surface area contributed by atoms with Crippen LogP contribution in [-0.4, -0.2) is 28.4 Å². The molecule has 4 fully saturated rings. The van der Waals surface area contributed by atoms with Crippen LogP contribution >= 0.6 is 7.92 Å². The molecule has 0 spiro atoms. The van der Waals surface area contributed by atoms with Crippen LogP contribution in [0.2, 0.25) is 0 Å². The first-order valence-corrected chi connectivity index (χ1v) is 9.00. The van der Waals surface area contributed by atoms with E-state index in [1.54, 1.807) is 0 Å². The van der Waals surface area contributed by atoms with Gasteiger partial charge in [-0.25, -0.2) is 0 Å². The highest BCUT2D eigenvalue weighted by Gasteiger charge is 2.70. The monoisotopic (exact) mass is 294 g/mol. The summed E-state index contributed by atoms with van der Waals surface area (Å²) in [5.41, 5.74) is 1.52. The number of hydrogen-bond acceptors (Lipinski definition) is 3. The molecule has 4 unspecified atom stereocenters. The van der Waals surface area contributed by atoms with Crippen LogP contribution in [-0.2, 0) is 14.2 Å². The van der Waals surface area contributed by atoms with Gasteiger partial charge in [-0.3, -0.25) is 0 Å². The maximum Gasteiger partial charge on any atom is 0.173 e. The van der Waals surface area contributed by atoms with Crippen LogP contribution < -0.4 is 0 Å². The van der Waals surface area contributed by atoms with Crippen molar-refractivity contribution in [2.24, 2.45) is 0 Å². The predicted molar refractivity (Wildman–Crippen MR) is 79.7 cm³/mol. The van der Waals surface area contributed by atoms with Gasteiger partial charge in [-0.2, -0.15) is 0 Å². The fourth-order valence-electron chi connectivity index (χ4n) is 4.78. The fourth-order valence-corrected chi connectivity index (χ4v) is 8.66. The third kappa shape index (κ3) is 1.80. The Hall–Kier alpha value is -0.210. The van der Waals surface area contributed by atoms with Crippen LogP contribution in [0.5, 0.6) is 0 Å². The normalized spacial score (nSPS) is 56.4. The molecule has 5 aliphatic rings. The molecule has 0 radical (unpaired) electrons. The van der Waals surface area contributed by atoms with Crippen LogP contribution in [0.3, 0.4) is 0 Å². The number of allylic oxidation sites excluding steroid dienone is 4. The van der Waals surface area contributed by atoms with E-state index in [0.29, 0.717) is 0 Å². The first-order chi connectivity index (χ1) is 9.25. The van der Waals surface area contributed by atoms with E-state index in [9.17, 15) is 0 Å². The molecular weight excluding hydrogens is 271 g/mol. The molecule has 5 rings (SSSR count). The Bertz CT molecular complexity index is 480. The first kappa shape index (κ1) is 13.5. The van der Waals surface area contributed by atoms with Gasteiger partial charge in [-0.05, 0) is 48.2 Å². The Morgan fingerprint density at radius 1 is 1.00 bits per heavy atom. The van der Waals surface area contributed by atoms with E-state index < -0.39 is 11.6 Å². The lowest BCUT2D eigenvalue weighted by Crippen LogP contribution is -2.71. The van der Waals surface area contributed by atoms with Crippen molar-refractivity contribution in [1.82, 2.24) is 0 Å². The largest absolute Gasteiger partial charge is 0.339 e. The highest BCUT2D eigenvalue weighted by molar-refractivity contribution is 7.61. The Kier molecular flexibility index (Phi) is 2.53. The summed E-state index contributed by atoms with van der Waals surface area (Å²) in [6, 6.07) is 0. The van der Waals surface area contributed by atoms with Crippen molar-refractivity contribution < 1.29 is 14.2 Å². The van der Waals surface area contributed by atoms with Gasteiger partial charge < -0.3 is 14.2 Å². The van der Waals surface area contributed by atoms with Gasteiger partial charge >= 0.3 is 0 Å². The second-order valence-corrected chi connectivity index (χ2v) is 10.4. The highest BCUT2D eigenvalue weighted by Crippen LogP contribution is 2.76. The lowest BCUT2D eigenvalue weighted by atomic mass is 9.98. The molecule has 0 aromatic heterocycles. The van der Waals surface area contributed by atoms with Gasteiger partial charge in [0.05, 0.1) is 10.7 Å². The summed E-state index contributed by atoms with van der Waals surface area (Å²) in [5, 5.41) is -0.183. The molecular formula is C16H23O3P. The van der Waals surface area contributed by atoms with Crippen LogP contribution in [0.25, 0.3) is 0 Å². The van der Waals surface area contributed by atoms with E-state index in [2.05, 4.69) is 45.9 Å². The van der Waals surface area contributed by atoms with E-state index in [4.69, 9.17) is 14.2 Å². The summed E-state index contributed by atoms with van der Waals surface area (Å²) >= 11 is 0. The third-order valence-corrected chi connectivity index (χ3v) is 8.46. The predicted octanol–water partition coefficient (Wildman–Crippen LogP) is 4.09. The van der Waals surface area contributed by atoms with Crippen LogP contribution in [0.1, 0.15) is 47.0 Å². The molecule has 4 heteroatoms. The zero-order valence-electron chi connectivity index (χ0n) is 12.7. The Morgan fingerprint density at radius 3 is 2.10 bits per heavy atom. The molecule has 110 valence electrons. The molecule has 4 aliphatic heterocycles. The molecule has 4 atom stereocenters. The SMILES string of the molecule is CC12CC3(C)OC(C)(CC(C)(O1)P3CC1=CC=CC1)O2. The van der Waals surface area contributed by atoms with Gasteiger partial charge in [0.25, 0.3) is 0 Å². The molecule has 4 saturated heterocycles. The molecule has 0 aromatic carbocycles. The standard InChI is InChI=1S/C16H23O3P/c1-13-10-15(3)19-14(2,17-13)11-16(4,18-13)20(15)9-12-7-5-6-8-12/h5-7H,8-11H2,1-4H3. The second kappa shape index (κ2) is 3.76. The highest BCUT2D eigenvalue weighted by atomic mass is 31.1. The van der Waals surface area contributed by atoms with Crippen molar-refractivity contribution in [2.75, 3.05) is 6.16 Å². The Morgan fingerprint density at radius 2 is 1.60 bits per heavy atom. The van der Waals surface area contributed by atoms with Gasteiger partial charge in [0, 0.05) is 12.8 Å². The molecule has 1 aliphatic carbocycles. The summed E-state index contributed by atoms with van der Waals surface area (Å²) in [6.45, 7) is 8.71. The minimum Gasteiger partial charge on any atom is -0.339 e. The Balaban J connectivity index is 1.70. The average molecular weight is 294 g/mol. The van der Waals surface area contributed by atoms with Crippen molar-refractivity contribution in [3.05, 3.63) is 23.8 Å². The molecule has 4 bridgehead atoms. The fraction of sp³-hybridized carbons (Fsp3) is 0.750. The van der Waals surface area contributed by atoms with Gasteiger partial charge in [0.1, 0.15) is 0 Å². The summed E-state index contributed by atoms with van der Waals surface area (Å²) in [7, 11) is -0.377. The molecule has 3 nitrogen and oxygen atoms in total. The lowest BCUT2D eigenvalue weighted by Gasteiger charge is -2.69. The quantitative estimate of drug-likeness (QED) is 0.718. The average Bonchev–Trinajstić information content (AvgIpc) is 2.70. The van der Waals surface area contributed by atoms with Crippen molar-refractivity contribution in [3.63, 3.8) is 0 Å². The van der Waals surface area contributed by atoms with E-state index in [0.717, 1.165) is 25.4 Å². The Labute approximate surface area is 122 Å². The lowest BCUT2D eigenvalue weighted by molar-refractivity contribution is -0.468. The van der Waals surface area contributed by atoms with Crippen molar-refractivity contribution in [2.45, 2.75) is 69.2 Å². The van der Waals surface area contributed by atoms with Crippen LogP contribution in [0.15, 0.2) is 23.8 Å². The summed E-state index contributed by atoms with van der Waals surface area (Å²) < 4.78 is 18.9. The first-order valence-electron chi connectivity index (χ1n) is 7.47. The smallest absolute Gasteiger partial charge is 0.173 e. The molecule has 20 heavy (non-hydrogen) atoms. The maximum atomic E-state index is 6.43. The summed E-state index contributed by atoms with van der Waals surface area (Å²) in [5.74, 6) is -0.953. The zero-order chi connectivity index (χ0) is 14.2. The number of ether oxygens (including phenoxy) is 3. The third-order valence-electron chi connectivity index (χ3n) is 4.95. The van der Waals surface area contributed by atoms with E-state index in [-0.39, 0.29) is 18.6 Å². The van der Waals surface area contributed by atoms with E-state index >= 15 is 0 Å². The molecule has 4 heterocycles. The zero-order valence-corrected chi connectivity index (χ0v) is 13.6. The van der Waals surface area contributed by atoms with Gasteiger partial charge in [-0.15, -0.1) is 0 Å². The van der Waals surface area contributed by atoms with Crippen LogP contribution in [0, 0.1) is 0 Å². The maximum absolute atomic E-state index is 6.43. The van der Waals surface area contributed by atoms with Crippen molar-refractivity contribution in [3.8, 4) is 0 Å². The van der Waals surface area contributed by atoms with Crippen LogP contribution in [0.4, 0.5) is 0 Å². The van der Waals surface area contributed by atoms with E-state index in [1.807, 2.05) is 0 Å². The topological polar surface area (TPSA) is 27.7 Å². The van der Waals surface area contributed by atoms with Gasteiger partial charge in [0.2, 0.25) is 0 Å². The molecule has 0 amide bonds. The van der Waals surface area contributed by atoms with Crippen molar-refractivity contribution >= 4 is 7.92 Å². The minimum absolute atomic E-state index is 0.0915. The minimum atomic E-state index is -0.476. The summed E-state index contributed by atoms with van der Waals surface area (Å²) in [4.78, 5) is 0.